The second-order valence-corrected chi connectivity index (χ2v) is 14.7. The highest BCUT2D eigenvalue weighted by atomic mass is 16.7. The van der Waals surface area contributed by atoms with Crippen LogP contribution in [-0.2, 0) is 33.3 Å². The molecule has 258 valence electrons. The standard InChI is InChI=1S/C34H58N2O9/c1-13-24-34(11)29(35-32(41)45-34)21(7)25(37)17(3)15-18(4)28(20(6)26(38)22(8)30(40)43-24)44-31-27(39)23(16-19(5)42-31)36(12)33(9,10)14-2/h17-24,27-29,31,39H,13-16H2,1-12H3,(H,35,41)/t17-,18+,19-,20+,21+,22-,23+,24-,27-,28+,29-,31+,34-/m1/s1. The van der Waals surface area contributed by atoms with Crippen LogP contribution in [0.15, 0.2) is 0 Å². The van der Waals surface area contributed by atoms with Gasteiger partial charge in [-0.05, 0) is 73.3 Å². The van der Waals surface area contributed by atoms with Crippen LogP contribution in [0.4, 0.5) is 4.79 Å². The number of aliphatic hydroxyl groups excluding tert-OH is 1. The van der Waals surface area contributed by atoms with Gasteiger partial charge in [-0.2, -0.15) is 0 Å². The summed E-state index contributed by atoms with van der Waals surface area (Å²) in [5, 5.41) is 14.4. The summed E-state index contributed by atoms with van der Waals surface area (Å²) >= 11 is 0. The van der Waals surface area contributed by atoms with Gasteiger partial charge >= 0.3 is 12.1 Å². The quantitative estimate of drug-likeness (QED) is 0.320. The molecule has 45 heavy (non-hydrogen) atoms. The molecule has 2 N–H and O–H groups in total. The lowest BCUT2D eigenvalue weighted by molar-refractivity contribution is -0.282. The Kier molecular flexibility index (Phi) is 11.9. The lowest BCUT2D eigenvalue weighted by Crippen LogP contribution is -2.60. The third-order valence-electron chi connectivity index (χ3n) is 11.1. The van der Waals surface area contributed by atoms with Crippen LogP contribution in [0, 0.1) is 29.6 Å². The molecule has 11 heteroatoms. The topological polar surface area (TPSA) is 141 Å². The first kappa shape index (κ1) is 37.4. The number of carbonyl (C=O) groups excluding carboxylic acids is 4. The molecule has 11 nitrogen and oxygen atoms in total. The molecule has 0 radical (unpaired) electrons. The number of carbonyl (C=O) groups is 4. The number of esters is 1. The number of ketones is 2. The molecule has 0 aromatic heterocycles. The number of nitrogens with zero attached hydrogens (tertiary/aromatic N) is 1. The number of rotatable bonds is 6. The smallest absolute Gasteiger partial charge is 0.408 e. The van der Waals surface area contributed by atoms with Gasteiger partial charge in [0.2, 0.25) is 0 Å². The van der Waals surface area contributed by atoms with E-state index in [4.69, 9.17) is 18.9 Å². The number of alkyl carbamates (subject to hydrolysis) is 1. The van der Waals surface area contributed by atoms with Crippen molar-refractivity contribution in [2.75, 3.05) is 7.05 Å². The van der Waals surface area contributed by atoms with E-state index in [2.05, 4.69) is 31.0 Å². The van der Waals surface area contributed by atoms with Crippen molar-refractivity contribution < 1.29 is 43.2 Å². The molecule has 0 aromatic carbocycles. The monoisotopic (exact) mass is 638 g/mol. The number of fused-ring (bicyclic) bond motifs is 1. The molecule has 0 aliphatic carbocycles. The zero-order valence-corrected chi connectivity index (χ0v) is 29.4. The fourth-order valence-electron chi connectivity index (χ4n) is 7.52. The predicted molar refractivity (Wildman–Crippen MR) is 168 cm³/mol. The van der Waals surface area contributed by atoms with E-state index in [0.29, 0.717) is 19.3 Å². The second kappa shape index (κ2) is 14.4. The fraction of sp³-hybridized carbons (Fsp3) is 0.882. The lowest BCUT2D eigenvalue weighted by Gasteiger charge is -2.48. The largest absolute Gasteiger partial charge is 0.458 e. The van der Waals surface area contributed by atoms with Gasteiger partial charge in [-0.25, -0.2) is 4.79 Å². The maximum absolute atomic E-state index is 13.9. The summed E-state index contributed by atoms with van der Waals surface area (Å²) in [6.45, 7) is 20.5. The zero-order valence-electron chi connectivity index (χ0n) is 29.4. The Morgan fingerprint density at radius 2 is 1.62 bits per heavy atom. The molecule has 3 heterocycles. The Balaban J connectivity index is 1.99. The van der Waals surface area contributed by atoms with Gasteiger partial charge in [-0.15, -0.1) is 0 Å². The molecule has 13 atom stereocenters. The van der Waals surface area contributed by atoms with E-state index in [0.717, 1.165) is 6.42 Å². The number of aliphatic hydroxyl groups is 1. The molecular weight excluding hydrogens is 580 g/mol. The molecule has 3 rings (SSSR count). The zero-order chi connectivity index (χ0) is 34.2. The van der Waals surface area contributed by atoms with Crippen LogP contribution in [0.5, 0.6) is 0 Å². The number of amides is 1. The van der Waals surface area contributed by atoms with Crippen molar-refractivity contribution in [1.82, 2.24) is 10.2 Å². The number of hydrogen-bond acceptors (Lipinski definition) is 10. The number of nitrogens with one attached hydrogen (secondary N) is 1. The Bertz CT molecular complexity index is 1100. The van der Waals surface area contributed by atoms with Crippen LogP contribution in [0.25, 0.3) is 0 Å². The minimum Gasteiger partial charge on any atom is -0.458 e. The van der Waals surface area contributed by atoms with Gasteiger partial charge in [0.1, 0.15) is 23.9 Å². The van der Waals surface area contributed by atoms with Gasteiger partial charge in [0.15, 0.2) is 17.7 Å². The maximum Gasteiger partial charge on any atom is 0.408 e. The Hall–Kier alpha value is -2.08. The summed E-state index contributed by atoms with van der Waals surface area (Å²) in [4.78, 5) is 55.8. The number of cyclic esters (lactones) is 1. The van der Waals surface area contributed by atoms with Crippen LogP contribution in [0.2, 0.25) is 0 Å². The first-order valence-electron chi connectivity index (χ1n) is 16.8. The minimum atomic E-state index is -1.30. The van der Waals surface area contributed by atoms with Crippen LogP contribution in [-0.4, -0.2) is 94.6 Å². The van der Waals surface area contributed by atoms with Crippen molar-refractivity contribution in [2.24, 2.45) is 29.6 Å². The summed E-state index contributed by atoms with van der Waals surface area (Å²) in [6.07, 6.45) is -2.36. The molecule has 0 saturated carbocycles. The molecule has 3 saturated heterocycles. The van der Waals surface area contributed by atoms with E-state index >= 15 is 0 Å². The number of Topliss-reactive ketones (excluding diaryl/α,β-unsaturated/α-hetero) is 2. The predicted octanol–water partition coefficient (Wildman–Crippen LogP) is 4.27. The van der Waals surface area contributed by atoms with Crippen LogP contribution in [0.3, 0.4) is 0 Å². The Morgan fingerprint density at radius 1 is 1.00 bits per heavy atom. The summed E-state index contributed by atoms with van der Waals surface area (Å²) < 4.78 is 24.3. The van der Waals surface area contributed by atoms with E-state index in [1.54, 1.807) is 27.7 Å². The van der Waals surface area contributed by atoms with E-state index in [1.165, 1.54) is 6.92 Å². The van der Waals surface area contributed by atoms with E-state index in [1.807, 2.05) is 27.8 Å². The minimum absolute atomic E-state index is 0.0840. The van der Waals surface area contributed by atoms with Crippen molar-refractivity contribution in [3.8, 4) is 0 Å². The fourth-order valence-corrected chi connectivity index (χ4v) is 7.52. The Morgan fingerprint density at radius 3 is 2.20 bits per heavy atom. The molecule has 0 bridgehead atoms. The van der Waals surface area contributed by atoms with Crippen molar-refractivity contribution >= 4 is 23.6 Å². The second-order valence-electron chi connectivity index (χ2n) is 14.7. The summed E-state index contributed by atoms with van der Waals surface area (Å²) in [5.74, 6) is -4.52. The highest BCUT2D eigenvalue weighted by Crippen LogP contribution is 2.38. The Labute approximate surface area is 269 Å². The molecular formula is C34H58N2O9. The third-order valence-corrected chi connectivity index (χ3v) is 11.1. The van der Waals surface area contributed by atoms with E-state index in [9.17, 15) is 24.3 Å². The van der Waals surface area contributed by atoms with Crippen LogP contribution < -0.4 is 5.32 Å². The van der Waals surface area contributed by atoms with Gasteiger partial charge in [0.25, 0.3) is 0 Å². The van der Waals surface area contributed by atoms with Crippen molar-refractivity contribution in [3.63, 3.8) is 0 Å². The van der Waals surface area contributed by atoms with E-state index < -0.39 is 72.0 Å². The van der Waals surface area contributed by atoms with Crippen LogP contribution >= 0.6 is 0 Å². The normalized spacial score (nSPS) is 42.4. The lowest BCUT2D eigenvalue weighted by atomic mass is 9.75. The number of likely N-dealkylation sites (N-methyl/N-ethyl adjacent to an activating group) is 1. The average molecular weight is 639 g/mol. The molecule has 0 aromatic rings. The average Bonchev–Trinajstić information content (AvgIpc) is 3.30. The molecule has 0 unspecified atom stereocenters. The van der Waals surface area contributed by atoms with Crippen molar-refractivity contribution in [1.29, 1.82) is 0 Å². The van der Waals surface area contributed by atoms with Crippen LogP contribution in [0.1, 0.15) is 102 Å². The van der Waals surface area contributed by atoms with Gasteiger partial charge in [0.05, 0.1) is 18.2 Å². The first-order valence-corrected chi connectivity index (χ1v) is 16.8. The highest BCUT2D eigenvalue weighted by molar-refractivity contribution is 6.00. The third kappa shape index (κ3) is 7.57. The first-order chi connectivity index (χ1) is 20.8. The van der Waals surface area contributed by atoms with E-state index in [-0.39, 0.29) is 35.2 Å². The number of ether oxygens (including phenoxy) is 4. The van der Waals surface area contributed by atoms with Gasteiger partial charge in [-0.3, -0.25) is 19.3 Å². The van der Waals surface area contributed by atoms with Gasteiger partial charge in [-0.1, -0.05) is 41.5 Å². The molecule has 0 spiro atoms. The number of hydrogen-bond donors (Lipinski definition) is 2. The molecule has 3 aliphatic rings. The maximum atomic E-state index is 13.9. The molecule has 3 fully saturated rings. The summed E-state index contributed by atoms with van der Waals surface area (Å²) in [5.41, 5.74) is -1.47. The molecule has 3 aliphatic heterocycles. The highest BCUT2D eigenvalue weighted by Gasteiger charge is 2.56. The molecule has 1 amide bonds. The van der Waals surface area contributed by atoms with Gasteiger partial charge < -0.3 is 29.4 Å². The van der Waals surface area contributed by atoms with Crippen molar-refractivity contribution in [3.05, 3.63) is 0 Å². The van der Waals surface area contributed by atoms with Gasteiger partial charge in [0, 0.05) is 29.3 Å². The summed E-state index contributed by atoms with van der Waals surface area (Å²) in [7, 11) is 2.00. The summed E-state index contributed by atoms with van der Waals surface area (Å²) in [6, 6.07) is -0.977. The SMILES string of the molecule is CC[C@H]1OC(=O)[C@H](C)C(=O)[C@H](C)[C@@H](O[C@@H]2O[C@H](C)C[C@H](N(C)C(C)(C)CC)[C@H]2O)[C@@H](C)C[C@@H](C)C(=O)[C@H](C)[C@H]2NC(=O)O[C@@]21C. The van der Waals surface area contributed by atoms with Crippen molar-refractivity contribution in [2.45, 2.75) is 156 Å².